The van der Waals surface area contributed by atoms with E-state index < -0.39 is 75.6 Å². The minimum atomic E-state index is -2.90. The Hall–Kier alpha value is -3.21. The lowest BCUT2D eigenvalue weighted by molar-refractivity contribution is -0.169. The van der Waals surface area contributed by atoms with Gasteiger partial charge in [0.05, 0.1) is 23.6 Å². The number of primary amides is 1. The second-order valence-electron chi connectivity index (χ2n) is 9.30. The van der Waals surface area contributed by atoms with E-state index in [1.165, 1.54) is 25.1 Å². The average Bonchev–Trinajstić information content (AvgIpc) is 2.70. The van der Waals surface area contributed by atoms with Crippen LogP contribution in [0.4, 0.5) is 0 Å². The Labute approximate surface area is 189 Å². The summed E-state index contributed by atoms with van der Waals surface area (Å²) in [6, 6.07) is 1.74. The van der Waals surface area contributed by atoms with Gasteiger partial charge in [-0.2, -0.15) is 0 Å². The third-order valence-electron chi connectivity index (χ3n) is 7.21. The molecule has 7 N–H and O–H groups in total. The molecule has 0 radical (unpaired) electrons. The molecular weight excluding hydrogens is 432 g/mol. The van der Waals surface area contributed by atoms with Crippen LogP contribution in [0.2, 0.25) is 0 Å². The Bertz CT molecular complexity index is 1180. The molecule has 10 nitrogen and oxygen atoms in total. The Kier molecular flexibility index (Phi) is 4.97. The molecule has 0 spiro atoms. The van der Waals surface area contributed by atoms with Crippen LogP contribution in [0.25, 0.3) is 5.76 Å². The van der Waals surface area contributed by atoms with Gasteiger partial charge in [-0.3, -0.25) is 19.3 Å². The second kappa shape index (κ2) is 7.14. The van der Waals surface area contributed by atoms with Crippen LogP contribution >= 0.6 is 0 Å². The molecule has 33 heavy (non-hydrogen) atoms. The molecule has 176 valence electrons. The minimum Gasteiger partial charge on any atom is -0.508 e. The molecule has 0 bridgehead atoms. The number of aromatic hydroxyl groups is 1. The molecule has 6 unspecified atom stereocenters. The van der Waals surface area contributed by atoms with Crippen molar-refractivity contribution >= 4 is 23.2 Å². The first kappa shape index (κ1) is 23.0. The highest BCUT2D eigenvalue weighted by Gasteiger charge is 2.68. The van der Waals surface area contributed by atoms with Crippen molar-refractivity contribution in [1.82, 2.24) is 4.90 Å². The zero-order valence-electron chi connectivity index (χ0n) is 18.5. The number of phenolic OH excluding ortho intramolecular Hbond substituents is 1. The molecule has 1 saturated carbocycles. The van der Waals surface area contributed by atoms with Gasteiger partial charge in [0.2, 0.25) is 5.78 Å². The van der Waals surface area contributed by atoms with Crippen molar-refractivity contribution in [2.75, 3.05) is 14.1 Å². The standard InChI is InChI=1S/C23H26N2O8/c1-7-5-9-8(2)11-13(17(27)12(9)10(26)6-7)20(30)23(33)15(18(11)28)16(25(3)4)19(29)14(21(23)31)22(24)32/h5-6,8,11,15-16,18,26-28,31,33H,1-4H3,(H2,24,32). The number of benzene rings is 1. The van der Waals surface area contributed by atoms with E-state index in [0.29, 0.717) is 11.1 Å². The summed E-state index contributed by atoms with van der Waals surface area (Å²) < 4.78 is 0. The number of phenols is 1. The average molecular weight is 458 g/mol. The Morgan fingerprint density at radius 2 is 1.76 bits per heavy atom. The first-order chi connectivity index (χ1) is 15.3. The first-order valence-electron chi connectivity index (χ1n) is 10.4. The van der Waals surface area contributed by atoms with Gasteiger partial charge in [-0.15, -0.1) is 0 Å². The predicted molar refractivity (Wildman–Crippen MR) is 115 cm³/mol. The van der Waals surface area contributed by atoms with Crippen molar-refractivity contribution in [2.24, 2.45) is 17.6 Å². The molecule has 3 aliphatic rings. The number of carbonyl (C=O) groups excluding carboxylic acids is 3. The maximum atomic E-state index is 13.7. The maximum absolute atomic E-state index is 13.7. The van der Waals surface area contributed by atoms with E-state index in [1.54, 1.807) is 19.9 Å². The number of carbonyl (C=O) groups is 3. The molecule has 0 heterocycles. The Morgan fingerprint density at radius 1 is 1.15 bits per heavy atom. The van der Waals surface area contributed by atoms with E-state index in [0.717, 1.165) is 0 Å². The van der Waals surface area contributed by atoms with Crippen LogP contribution in [-0.2, 0) is 14.4 Å². The molecule has 1 amide bonds. The van der Waals surface area contributed by atoms with Crippen molar-refractivity contribution in [3.63, 3.8) is 0 Å². The van der Waals surface area contributed by atoms with Crippen LogP contribution in [-0.4, -0.2) is 79.7 Å². The second-order valence-corrected chi connectivity index (χ2v) is 9.30. The van der Waals surface area contributed by atoms with Crippen LogP contribution in [0.15, 0.2) is 29.0 Å². The summed E-state index contributed by atoms with van der Waals surface area (Å²) in [7, 11) is 2.93. The highest BCUT2D eigenvalue weighted by atomic mass is 16.4. The van der Waals surface area contributed by atoms with Gasteiger partial charge < -0.3 is 31.3 Å². The molecule has 4 rings (SSSR count). The number of rotatable bonds is 2. The molecule has 10 heteroatoms. The number of aryl methyl sites for hydroxylation is 1. The van der Waals surface area contributed by atoms with Crippen molar-refractivity contribution < 1.29 is 39.9 Å². The Morgan fingerprint density at radius 3 is 2.30 bits per heavy atom. The predicted octanol–water partition coefficient (Wildman–Crippen LogP) is -0.196. The van der Waals surface area contributed by atoms with Gasteiger partial charge in [0, 0.05) is 11.5 Å². The van der Waals surface area contributed by atoms with Crippen LogP contribution in [0, 0.1) is 18.8 Å². The van der Waals surface area contributed by atoms with E-state index in [2.05, 4.69) is 0 Å². The van der Waals surface area contributed by atoms with Crippen molar-refractivity contribution in [3.05, 3.63) is 45.7 Å². The van der Waals surface area contributed by atoms with Crippen LogP contribution in [0.1, 0.15) is 29.5 Å². The summed E-state index contributed by atoms with van der Waals surface area (Å²) in [6.07, 6.45) is -1.59. The normalized spacial score (nSPS) is 33.7. The number of aliphatic hydroxyl groups is 4. The smallest absolute Gasteiger partial charge is 0.255 e. The monoisotopic (exact) mass is 458 g/mol. The molecule has 0 aliphatic heterocycles. The van der Waals surface area contributed by atoms with Gasteiger partial charge in [0.25, 0.3) is 5.91 Å². The van der Waals surface area contributed by atoms with Crippen LogP contribution in [0.5, 0.6) is 5.75 Å². The number of Topliss-reactive ketones (excluding diaryl/α,β-unsaturated/α-hetero) is 2. The van der Waals surface area contributed by atoms with E-state index >= 15 is 0 Å². The van der Waals surface area contributed by atoms with Gasteiger partial charge in [-0.1, -0.05) is 13.0 Å². The third-order valence-corrected chi connectivity index (χ3v) is 7.21. The zero-order chi connectivity index (χ0) is 24.7. The molecule has 3 aliphatic carbocycles. The molecule has 1 aromatic rings. The number of fused-ring (bicyclic) bond motifs is 3. The molecule has 1 aromatic carbocycles. The summed E-state index contributed by atoms with van der Waals surface area (Å²) in [5.74, 6) is -8.86. The van der Waals surface area contributed by atoms with Crippen molar-refractivity contribution in [2.45, 2.75) is 37.5 Å². The molecular formula is C23H26N2O8. The third kappa shape index (κ3) is 2.74. The number of ketones is 2. The lowest BCUT2D eigenvalue weighted by atomic mass is 9.54. The van der Waals surface area contributed by atoms with E-state index in [-0.39, 0.29) is 11.3 Å². The molecule has 6 atom stereocenters. The number of nitrogens with zero attached hydrogens (tertiary/aromatic N) is 1. The fourth-order valence-electron chi connectivity index (χ4n) is 5.79. The fourth-order valence-corrected chi connectivity index (χ4v) is 5.79. The van der Waals surface area contributed by atoms with Gasteiger partial charge in [0.15, 0.2) is 11.4 Å². The summed E-state index contributed by atoms with van der Waals surface area (Å²) in [5.41, 5.74) is 2.19. The molecule has 0 saturated heterocycles. The van der Waals surface area contributed by atoms with Gasteiger partial charge in [-0.25, -0.2) is 0 Å². The topological polar surface area (TPSA) is 182 Å². The highest BCUT2D eigenvalue weighted by molar-refractivity contribution is 6.24. The summed E-state index contributed by atoms with van der Waals surface area (Å²) >= 11 is 0. The van der Waals surface area contributed by atoms with Crippen molar-refractivity contribution in [1.29, 1.82) is 0 Å². The number of hydrogen-bond acceptors (Lipinski definition) is 9. The van der Waals surface area contributed by atoms with Gasteiger partial charge >= 0.3 is 0 Å². The maximum Gasteiger partial charge on any atom is 0.255 e. The minimum absolute atomic E-state index is 0.0170. The summed E-state index contributed by atoms with van der Waals surface area (Å²) in [5, 5.41) is 55.3. The lowest BCUT2D eigenvalue weighted by Gasteiger charge is -2.53. The summed E-state index contributed by atoms with van der Waals surface area (Å²) in [6.45, 7) is 3.43. The Balaban J connectivity index is 2.07. The number of likely N-dealkylation sites (N-methyl/N-ethyl adjacent to an activating group) is 1. The fraction of sp³-hybridized carbons (Fsp3) is 0.435. The quantitative estimate of drug-likeness (QED) is 0.327. The van der Waals surface area contributed by atoms with E-state index in [1.807, 2.05) is 0 Å². The highest BCUT2D eigenvalue weighted by Crippen LogP contribution is 2.56. The van der Waals surface area contributed by atoms with Crippen LogP contribution < -0.4 is 5.73 Å². The number of amides is 1. The first-order valence-corrected chi connectivity index (χ1v) is 10.4. The molecule has 1 fully saturated rings. The van der Waals surface area contributed by atoms with E-state index in [9.17, 15) is 39.9 Å². The lowest BCUT2D eigenvalue weighted by Crippen LogP contribution is -2.70. The largest absolute Gasteiger partial charge is 0.508 e. The number of aliphatic hydroxyl groups excluding tert-OH is 3. The number of nitrogens with two attached hydrogens (primary N) is 1. The van der Waals surface area contributed by atoms with E-state index in [4.69, 9.17) is 5.73 Å². The number of hydrogen-bond donors (Lipinski definition) is 6. The summed E-state index contributed by atoms with van der Waals surface area (Å²) in [4.78, 5) is 40.1. The van der Waals surface area contributed by atoms with Gasteiger partial charge in [0.1, 0.15) is 22.8 Å². The van der Waals surface area contributed by atoms with Crippen molar-refractivity contribution in [3.8, 4) is 5.75 Å². The zero-order valence-corrected chi connectivity index (χ0v) is 18.5. The molecule has 0 aromatic heterocycles. The SMILES string of the molecule is Cc1cc(O)c2c(c1)C(C)C1C(=C2O)C(=O)C2(O)C(O)=C(C(N)=O)C(=O)C(N(C)C)C2C1O. The van der Waals surface area contributed by atoms with Crippen LogP contribution in [0.3, 0.4) is 0 Å². The van der Waals surface area contributed by atoms with Gasteiger partial charge in [-0.05, 0) is 44.1 Å².